The molecule has 0 aliphatic heterocycles. The molecule has 2 heteroatoms. The molecule has 20 heavy (non-hydrogen) atoms. The van der Waals surface area contributed by atoms with Gasteiger partial charge in [-0.1, -0.05) is 42.5 Å². The van der Waals surface area contributed by atoms with Crippen LogP contribution in [0.5, 0.6) is 5.75 Å². The molecule has 1 heterocycles. The molecule has 0 aliphatic rings. The first-order valence-electron chi connectivity index (χ1n) is 6.89. The third kappa shape index (κ3) is 2.14. The first-order valence-corrected chi connectivity index (χ1v) is 6.89. The number of fused-ring (bicyclic) bond motifs is 1. The number of hydrogen-bond acceptors (Lipinski definition) is 2. The minimum absolute atomic E-state index is 0.656. The molecular formula is C18H17NO. The molecule has 100 valence electrons. The van der Waals surface area contributed by atoms with Crippen molar-refractivity contribution in [3.05, 3.63) is 60.2 Å². The summed E-state index contributed by atoms with van der Waals surface area (Å²) in [4.78, 5) is 4.81. The molecule has 2 nitrogen and oxygen atoms in total. The zero-order valence-electron chi connectivity index (χ0n) is 11.8. The number of rotatable bonds is 3. The van der Waals surface area contributed by atoms with Gasteiger partial charge in [0, 0.05) is 16.5 Å². The fraction of sp³-hybridized carbons (Fsp3) is 0.167. The van der Waals surface area contributed by atoms with E-state index in [4.69, 9.17) is 9.72 Å². The van der Waals surface area contributed by atoms with Gasteiger partial charge in [0.2, 0.25) is 0 Å². The average molecular weight is 263 g/mol. The van der Waals surface area contributed by atoms with Crippen molar-refractivity contribution in [2.75, 3.05) is 6.61 Å². The highest BCUT2D eigenvalue weighted by atomic mass is 16.5. The fourth-order valence-corrected chi connectivity index (χ4v) is 2.48. The van der Waals surface area contributed by atoms with Gasteiger partial charge in [0.1, 0.15) is 5.75 Å². The second-order valence-electron chi connectivity index (χ2n) is 4.73. The molecule has 0 saturated carbocycles. The molecule has 1 aromatic heterocycles. The van der Waals surface area contributed by atoms with E-state index in [1.54, 1.807) is 0 Å². The third-order valence-electron chi connectivity index (χ3n) is 3.41. The SMILES string of the molecule is CCOc1c(C)c(-c2ccccc2)nc2ccccc12. The van der Waals surface area contributed by atoms with Crippen molar-refractivity contribution in [1.29, 1.82) is 0 Å². The van der Waals surface area contributed by atoms with E-state index < -0.39 is 0 Å². The summed E-state index contributed by atoms with van der Waals surface area (Å²) in [5.74, 6) is 0.942. The summed E-state index contributed by atoms with van der Waals surface area (Å²) in [6, 6.07) is 18.4. The lowest BCUT2D eigenvalue weighted by Crippen LogP contribution is -1.99. The summed E-state index contributed by atoms with van der Waals surface area (Å²) in [7, 11) is 0. The van der Waals surface area contributed by atoms with Gasteiger partial charge in [-0.15, -0.1) is 0 Å². The molecule has 0 aliphatic carbocycles. The van der Waals surface area contributed by atoms with Crippen molar-refractivity contribution in [2.45, 2.75) is 13.8 Å². The summed E-state index contributed by atoms with van der Waals surface area (Å²) >= 11 is 0. The quantitative estimate of drug-likeness (QED) is 0.688. The van der Waals surface area contributed by atoms with E-state index in [2.05, 4.69) is 25.1 Å². The topological polar surface area (TPSA) is 22.1 Å². The predicted molar refractivity (Wildman–Crippen MR) is 83.1 cm³/mol. The normalized spacial score (nSPS) is 10.7. The van der Waals surface area contributed by atoms with Crippen molar-refractivity contribution in [2.24, 2.45) is 0 Å². The molecule has 0 N–H and O–H groups in total. The van der Waals surface area contributed by atoms with E-state index in [0.29, 0.717) is 6.61 Å². The van der Waals surface area contributed by atoms with Gasteiger partial charge in [-0.05, 0) is 26.0 Å². The van der Waals surface area contributed by atoms with E-state index in [-0.39, 0.29) is 0 Å². The van der Waals surface area contributed by atoms with Crippen LogP contribution < -0.4 is 4.74 Å². The minimum Gasteiger partial charge on any atom is -0.493 e. The van der Waals surface area contributed by atoms with Crippen LogP contribution in [-0.2, 0) is 0 Å². The molecule has 2 aromatic carbocycles. The summed E-state index contributed by atoms with van der Waals surface area (Å²) < 4.78 is 5.87. The second-order valence-corrected chi connectivity index (χ2v) is 4.73. The zero-order chi connectivity index (χ0) is 13.9. The van der Waals surface area contributed by atoms with Crippen molar-refractivity contribution in [3.8, 4) is 17.0 Å². The predicted octanol–water partition coefficient (Wildman–Crippen LogP) is 4.61. The Morgan fingerprint density at radius 1 is 0.950 bits per heavy atom. The van der Waals surface area contributed by atoms with E-state index in [0.717, 1.165) is 33.5 Å². The van der Waals surface area contributed by atoms with Gasteiger partial charge >= 0.3 is 0 Å². The highest BCUT2D eigenvalue weighted by molar-refractivity contribution is 5.90. The molecule has 3 aromatic rings. The zero-order valence-corrected chi connectivity index (χ0v) is 11.8. The summed E-state index contributed by atoms with van der Waals surface area (Å²) in [5, 5.41) is 1.08. The third-order valence-corrected chi connectivity index (χ3v) is 3.41. The van der Waals surface area contributed by atoms with Gasteiger partial charge in [-0.2, -0.15) is 0 Å². The first kappa shape index (κ1) is 12.7. The Labute approximate surface area is 119 Å². The van der Waals surface area contributed by atoms with E-state index in [1.807, 2.05) is 43.3 Å². The summed E-state index contributed by atoms with van der Waals surface area (Å²) in [5.41, 5.74) is 4.18. The number of para-hydroxylation sites is 1. The largest absolute Gasteiger partial charge is 0.493 e. The molecule has 0 radical (unpaired) electrons. The lowest BCUT2D eigenvalue weighted by molar-refractivity contribution is 0.342. The minimum atomic E-state index is 0.656. The number of aromatic nitrogens is 1. The van der Waals surface area contributed by atoms with Gasteiger partial charge < -0.3 is 4.74 Å². The molecule has 0 saturated heterocycles. The average Bonchev–Trinajstić information content (AvgIpc) is 2.51. The van der Waals surface area contributed by atoms with Gasteiger partial charge in [0.15, 0.2) is 0 Å². The Bertz CT molecular complexity index is 735. The van der Waals surface area contributed by atoms with E-state index >= 15 is 0 Å². The maximum atomic E-state index is 5.87. The number of hydrogen-bond donors (Lipinski definition) is 0. The monoisotopic (exact) mass is 263 g/mol. The Kier molecular flexibility index (Phi) is 3.38. The van der Waals surface area contributed by atoms with Crippen molar-refractivity contribution in [3.63, 3.8) is 0 Å². The van der Waals surface area contributed by atoms with Crippen molar-refractivity contribution in [1.82, 2.24) is 4.98 Å². The molecule has 0 atom stereocenters. The maximum absolute atomic E-state index is 5.87. The summed E-state index contributed by atoms with van der Waals surface area (Å²) in [6.07, 6.45) is 0. The van der Waals surface area contributed by atoms with Crippen LogP contribution in [0.2, 0.25) is 0 Å². The van der Waals surface area contributed by atoms with Crippen LogP contribution in [0.1, 0.15) is 12.5 Å². The van der Waals surface area contributed by atoms with Crippen LogP contribution in [0.15, 0.2) is 54.6 Å². The Morgan fingerprint density at radius 2 is 1.65 bits per heavy atom. The van der Waals surface area contributed by atoms with E-state index in [1.165, 1.54) is 0 Å². The van der Waals surface area contributed by atoms with Crippen molar-refractivity contribution < 1.29 is 4.74 Å². The van der Waals surface area contributed by atoms with Crippen LogP contribution in [0.25, 0.3) is 22.2 Å². The lowest BCUT2D eigenvalue weighted by Gasteiger charge is -2.14. The molecule has 0 fully saturated rings. The molecular weight excluding hydrogens is 246 g/mol. The van der Waals surface area contributed by atoms with E-state index in [9.17, 15) is 0 Å². The standard InChI is InChI=1S/C18H17NO/c1-3-20-18-13(2)17(14-9-5-4-6-10-14)19-16-12-8-7-11-15(16)18/h4-12H,3H2,1-2H3. The second kappa shape index (κ2) is 5.33. The maximum Gasteiger partial charge on any atom is 0.133 e. The number of benzene rings is 2. The fourth-order valence-electron chi connectivity index (χ4n) is 2.48. The van der Waals surface area contributed by atoms with Crippen LogP contribution in [-0.4, -0.2) is 11.6 Å². The van der Waals surface area contributed by atoms with Crippen LogP contribution in [0, 0.1) is 6.92 Å². The molecule has 0 amide bonds. The smallest absolute Gasteiger partial charge is 0.133 e. The Hall–Kier alpha value is -2.35. The Balaban J connectivity index is 2.31. The molecule has 0 bridgehead atoms. The highest BCUT2D eigenvalue weighted by Crippen LogP contribution is 2.34. The summed E-state index contributed by atoms with van der Waals surface area (Å²) in [6.45, 7) is 4.74. The first-order chi connectivity index (χ1) is 9.81. The van der Waals surface area contributed by atoms with Gasteiger partial charge in [0.25, 0.3) is 0 Å². The van der Waals surface area contributed by atoms with Crippen LogP contribution in [0.3, 0.4) is 0 Å². The molecule has 0 spiro atoms. The highest BCUT2D eigenvalue weighted by Gasteiger charge is 2.13. The van der Waals surface area contributed by atoms with Gasteiger partial charge in [-0.25, -0.2) is 4.98 Å². The number of ether oxygens (including phenoxy) is 1. The number of pyridine rings is 1. The number of nitrogens with zero attached hydrogens (tertiary/aromatic N) is 1. The van der Waals surface area contributed by atoms with Crippen LogP contribution in [0.4, 0.5) is 0 Å². The van der Waals surface area contributed by atoms with Crippen LogP contribution >= 0.6 is 0 Å². The molecule has 3 rings (SSSR count). The lowest BCUT2D eigenvalue weighted by atomic mass is 10.0. The van der Waals surface area contributed by atoms with Gasteiger partial charge in [0.05, 0.1) is 17.8 Å². The van der Waals surface area contributed by atoms with Crippen molar-refractivity contribution >= 4 is 10.9 Å². The van der Waals surface area contributed by atoms with Gasteiger partial charge in [-0.3, -0.25) is 0 Å². The Morgan fingerprint density at radius 3 is 2.40 bits per heavy atom. The molecule has 0 unspecified atom stereocenters.